The number of allylic oxidation sites excluding steroid dienone is 4. The minimum Gasteiger partial charge on any atom is -0.263 e. The molecule has 0 bridgehead atoms. The number of nitro groups is 2. The summed E-state index contributed by atoms with van der Waals surface area (Å²) in [5, 5.41) is 24.4. The first kappa shape index (κ1) is 22.3. The van der Waals surface area contributed by atoms with Crippen LogP contribution in [0.1, 0.15) is 11.1 Å². The van der Waals surface area contributed by atoms with Crippen LogP contribution in [0, 0.1) is 20.2 Å². The molecule has 2 N–H and O–H groups in total. The van der Waals surface area contributed by atoms with E-state index in [-0.39, 0.29) is 9.85 Å². The van der Waals surface area contributed by atoms with Crippen LogP contribution in [-0.4, -0.2) is 21.9 Å². The third-order valence-electron chi connectivity index (χ3n) is 5.93. The maximum Gasteiger partial charge on any atom is 0.286 e. The predicted octanol–water partition coefficient (Wildman–Crippen LogP) is 3.35. The second-order valence-corrected chi connectivity index (χ2v) is 7.68. The fourth-order valence-corrected chi connectivity index (χ4v) is 4.20. The van der Waals surface area contributed by atoms with Crippen LogP contribution in [0.5, 0.6) is 0 Å². The monoisotopic (exact) mass is 446 g/mol. The molecule has 0 heterocycles. The number of rotatable bonds is 8. The van der Waals surface area contributed by atoms with Crippen LogP contribution >= 0.6 is 0 Å². The molecule has 4 unspecified atom stereocenters. The van der Waals surface area contributed by atoms with Gasteiger partial charge in [-0.25, -0.2) is 4.94 Å². The van der Waals surface area contributed by atoms with Crippen molar-refractivity contribution in [2.45, 2.75) is 23.2 Å². The molecular formula is C24H22N4O5. The van der Waals surface area contributed by atoms with Crippen LogP contribution < -0.4 is 11.0 Å². The molecule has 2 aliphatic rings. The molecule has 0 spiro atoms. The Morgan fingerprint density at radius 1 is 0.667 bits per heavy atom. The minimum atomic E-state index is -1.61. The fourth-order valence-electron chi connectivity index (χ4n) is 4.20. The predicted molar refractivity (Wildman–Crippen MR) is 122 cm³/mol. The molecule has 9 nitrogen and oxygen atoms in total. The van der Waals surface area contributed by atoms with E-state index in [1.54, 1.807) is 97.1 Å². The molecule has 4 atom stereocenters. The van der Waals surface area contributed by atoms with E-state index >= 15 is 0 Å². The molecule has 4 rings (SSSR count). The third kappa shape index (κ3) is 3.89. The van der Waals surface area contributed by atoms with E-state index < -0.39 is 23.2 Å². The van der Waals surface area contributed by atoms with Crippen LogP contribution in [0.4, 0.5) is 0 Å². The lowest BCUT2D eigenvalue weighted by atomic mass is 9.80. The molecule has 0 amide bonds. The van der Waals surface area contributed by atoms with E-state index in [2.05, 4.69) is 11.0 Å². The highest BCUT2D eigenvalue weighted by Gasteiger charge is 2.52. The van der Waals surface area contributed by atoms with Crippen LogP contribution in [0.25, 0.3) is 0 Å². The standard InChI is InChI=1S/C24H22N4O5/c29-27(30)23(19-11-3-1-4-12-19)17-9-7-15-21(23)25-33-26-22-16-8-10-18-24(22,28(31)32)20-13-5-2-6-14-20/h1-18,21-22,25-26H. The average molecular weight is 446 g/mol. The van der Waals surface area contributed by atoms with Crippen LogP contribution in [0.15, 0.2) is 109 Å². The number of hydrogen-bond acceptors (Lipinski definition) is 7. The van der Waals surface area contributed by atoms with E-state index in [1.807, 2.05) is 0 Å². The van der Waals surface area contributed by atoms with E-state index in [9.17, 15) is 20.2 Å². The van der Waals surface area contributed by atoms with Gasteiger partial charge in [-0.3, -0.25) is 20.2 Å². The molecule has 0 radical (unpaired) electrons. The van der Waals surface area contributed by atoms with E-state index in [4.69, 9.17) is 4.94 Å². The SMILES string of the molecule is O=[N+]([O-])C1(c2ccccc2)C=CC=CC1NONC1C=CC=CC1(c1ccccc1)[N+](=O)[O-]. The van der Waals surface area contributed by atoms with E-state index in [0.29, 0.717) is 11.1 Å². The van der Waals surface area contributed by atoms with Crippen LogP contribution in [0.3, 0.4) is 0 Å². The Kier molecular flexibility index (Phi) is 6.27. The summed E-state index contributed by atoms with van der Waals surface area (Å²) < 4.78 is 0. The number of nitrogens with one attached hydrogen (secondary N) is 2. The first-order valence-corrected chi connectivity index (χ1v) is 10.3. The summed E-state index contributed by atoms with van der Waals surface area (Å²) in [7, 11) is 0. The second-order valence-electron chi connectivity index (χ2n) is 7.68. The van der Waals surface area contributed by atoms with Crippen molar-refractivity contribution in [1.29, 1.82) is 0 Å². The minimum absolute atomic E-state index is 0.377. The summed E-state index contributed by atoms with van der Waals surface area (Å²) in [5.74, 6) is 0. The van der Waals surface area contributed by atoms with Crippen molar-refractivity contribution in [3.63, 3.8) is 0 Å². The molecule has 9 heteroatoms. The van der Waals surface area contributed by atoms with Gasteiger partial charge < -0.3 is 0 Å². The lowest BCUT2D eigenvalue weighted by molar-refractivity contribution is -0.572. The molecule has 2 aromatic rings. The number of nitrogens with zero attached hydrogens (tertiary/aromatic N) is 2. The van der Waals surface area contributed by atoms with Gasteiger partial charge >= 0.3 is 0 Å². The Morgan fingerprint density at radius 2 is 1.06 bits per heavy atom. The summed E-state index contributed by atoms with van der Waals surface area (Å²) >= 11 is 0. The van der Waals surface area contributed by atoms with Gasteiger partial charge in [-0.2, -0.15) is 11.0 Å². The molecule has 0 fully saturated rings. The van der Waals surface area contributed by atoms with Crippen molar-refractivity contribution in [3.8, 4) is 0 Å². The van der Waals surface area contributed by atoms with Crippen molar-refractivity contribution in [2.75, 3.05) is 0 Å². The Balaban J connectivity index is 1.57. The van der Waals surface area contributed by atoms with Crippen molar-refractivity contribution in [3.05, 3.63) is 141 Å². The average Bonchev–Trinajstić information content (AvgIpc) is 2.85. The molecule has 0 saturated heterocycles. The van der Waals surface area contributed by atoms with Crippen LogP contribution in [0.2, 0.25) is 0 Å². The summed E-state index contributed by atoms with van der Waals surface area (Å²) in [5.41, 5.74) is 3.12. The maximum atomic E-state index is 12.2. The number of hydroxylamine groups is 2. The lowest BCUT2D eigenvalue weighted by Gasteiger charge is -2.33. The Morgan fingerprint density at radius 3 is 1.42 bits per heavy atom. The molecule has 2 aromatic carbocycles. The third-order valence-corrected chi connectivity index (χ3v) is 5.93. The van der Waals surface area contributed by atoms with Crippen molar-refractivity contribution in [1.82, 2.24) is 11.0 Å². The molecule has 33 heavy (non-hydrogen) atoms. The van der Waals surface area contributed by atoms with Gasteiger partial charge in [0.05, 0.1) is 0 Å². The zero-order chi connectivity index (χ0) is 23.3. The zero-order valence-electron chi connectivity index (χ0n) is 17.5. The van der Waals surface area contributed by atoms with Gasteiger partial charge in [0.1, 0.15) is 12.1 Å². The molecule has 168 valence electrons. The molecule has 0 aromatic heterocycles. The van der Waals surface area contributed by atoms with Gasteiger partial charge in [0, 0.05) is 21.0 Å². The Hall–Kier alpha value is -3.92. The molecular weight excluding hydrogens is 424 g/mol. The lowest BCUT2D eigenvalue weighted by Crippen LogP contribution is -2.57. The van der Waals surface area contributed by atoms with Gasteiger partial charge in [0.25, 0.3) is 11.1 Å². The zero-order valence-corrected chi connectivity index (χ0v) is 17.5. The highest BCUT2D eigenvalue weighted by molar-refractivity contribution is 5.37. The largest absolute Gasteiger partial charge is 0.286 e. The second kappa shape index (κ2) is 9.29. The van der Waals surface area contributed by atoms with E-state index in [1.165, 1.54) is 12.2 Å². The highest BCUT2D eigenvalue weighted by Crippen LogP contribution is 2.35. The highest BCUT2D eigenvalue weighted by atomic mass is 16.8. The summed E-state index contributed by atoms with van der Waals surface area (Å²) in [6.07, 6.45) is 12.8. The van der Waals surface area contributed by atoms with E-state index in [0.717, 1.165) is 0 Å². The van der Waals surface area contributed by atoms with Crippen molar-refractivity contribution >= 4 is 0 Å². The quantitative estimate of drug-likeness (QED) is 0.471. The van der Waals surface area contributed by atoms with Crippen LogP contribution in [-0.2, 0) is 16.0 Å². The normalized spacial score (nSPS) is 28.0. The Labute approximate surface area is 190 Å². The van der Waals surface area contributed by atoms with Gasteiger partial charge in [-0.05, 0) is 12.2 Å². The summed E-state index contributed by atoms with van der Waals surface area (Å²) in [6.45, 7) is 0. The summed E-state index contributed by atoms with van der Waals surface area (Å²) in [6, 6.07) is 15.4. The maximum absolute atomic E-state index is 12.2. The number of benzene rings is 2. The molecule has 2 aliphatic carbocycles. The smallest absolute Gasteiger partial charge is 0.263 e. The number of hydrogen-bond donors (Lipinski definition) is 2. The van der Waals surface area contributed by atoms with Gasteiger partial charge in [-0.15, -0.1) is 0 Å². The van der Waals surface area contributed by atoms with Crippen molar-refractivity contribution < 1.29 is 14.8 Å². The topological polar surface area (TPSA) is 120 Å². The first-order valence-electron chi connectivity index (χ1n) is 10.3. The first-order chi connectivity index (χ1) is 16.0. The molecule has 0 saturated carbocycles. The Bertz CT molecular complexity index is 1040. The fraction of sp³-hybridized carbons (Fsp3) is 0.167. The van der Waals surface area contributed by atoms with Gasteiger partial charge in [-0.1, -0.05) is 97.1 Å². The molecule has 0 aliphatic heterocycles. The van der Waals surface area contributed by atoms with Gasteiger partial charge in [0.15, 0.2) is 0 Å². The van der Waals surface area contributed by atoms with Gasteiger partial charge in [0.2, 0.25) is 0 Å². The summed E-state index contributed by atoms with van der Waals surface area (Å²) in [4.78, 5) is 29.2. The van der Waals surface area contributed by atoms with Crippen molar-refractivity contribution in [2.24, 2.45) is 0 Å².